The Bertz CT molecular complexity index is 717. The minimum absolute atomic E-state index is 0.000914. The second-order valence-corrected chi connectivity index (χ2v) is 5.49. The summed E-state index contributed by atoms with van der Waals surface area (Å²) in [5.74, 6) is 0.861. The van der Waals surface area contributed by atoms with E-state index in [4.69, 9.17) is 9.47 Å². The van der Waals surface area contributed by atoms with Crippen LogP contribution >= 0.6 is 22.6 Å². The first-order valence-corrected chi connectivity index (χ1v) is 7.32. The summed E-state index contributed by atoms with van der Waals surface area (Å²) in [7, 11) is 1.47. The van der Waals surface area contributed by atoms with Crippen LogP contribution in [0.5, 0.6) is 11.5 Å². The number of rotatable bonds is 6. The van der Waals surface area contributed by atoms with Crippen molar-refractivity contribution in [2.75, 3.05) is 7.11 Å². The van der Waals surface area contributed by atoms with Crippen LogP contribution < -0.4 is 9.47 Å². The van der Waals surface area contributed by atoms with Gasteiger partial charge in [0, 0.05) is 11.6 Å². The number of nitrogens with zero attached hydrogens (tertiary/aromatic N) is 1. The maximum Gasteiger partial charge on any atom is 0.276 e. The van der Waals surface area contributed by atoms with Crippen molar-refractivity contribution < 1.29 is 19.2 Å². The Balaban J connectivity index is 2.29. The van der Waals surface area contributed by atoms with E-state index in [1.165, 1.54) is 13.2 Å². The summed E-state index contributed by atoms with van der Waals surface area (Å²) in [6.45, 7) is 0.0317. The van der Waals surface area contributed by atoms with Crippen LogP contribution in [0.2, 0.25) is 0 Å². The Hall–Kier alpha value is -2.16. The SMILES string of the molecule is COc1cc(C=O)cc(I)c1OCc1ccccc1[N+](=O)[O-]. The van der Waals surface area contributed by atoms with Crippen molar-refractivity contribution >= 4 is 34.6 Å². The molecule has 0 aliphatic rings. The van der Waals surface area contributed by atoms with Gasteiger partial charge in [0.1, 0.15) is 12.9 Å². The molecule has 0 fully saturated rings. The van der Waals surface area contributed by atoms with Crippen LogP contribution in [0.1, 0.15) is 15.9 Å². The van der Waals surface area contributed by atoms with E-state index in [1.54, 1.807) is 30.3 Å². The van der Waals surface area contributed by atoms with Crippen molar-refractivity contribution in [3.05, 3.63) is 61.2 Å². The molecule has 0 heterocycles. The second kappa shape index (κ2) is 7.21. The molecule has 0 unspecified atom stereocenters. The molecule has 6 nitrogen and oxygen atoms in total. The molecule has 0 aromatic heterocycles. The van der Waals surface area contributed by atoms with E-state index < -0.39 is 4.92 Å². The number of ether oxygens (including phenoxy) is 2. The molecular formula is C15H12INO5. The molecule has 0 saturated carbocycles. The molecule has 114 valence electrons. The van der Waals surface area contributed by atoms with Gasteiger partial charge in [-0.25, -0.2) is 0 Å². The van der Waals surface area contributed by atoms with E-state index in [2.05, 4.69) is 0 Å². The highest BCUT2D eigenvalue weighted by Crippen LogP contribution is 2.34. The Morgan fingerprint density at radius 2 is 2.05 bits per heavy atom. The van der Waals surface area contributed by atoms with Gasteiger partial charge in [-0.3, -0.25) is 14.9 Å². The summed E-state index contributed by atoms with van der Waals surface area (Å²) in [6, 6.07) is 9.59. The monoisotopic (exact) mass is 413 g/mol. The molecule has 2 aromatic carbocycles. The molecular weight excluding hydrogens is 401 g/mol. The first kappa shape index (κ1) is 16.2. The smallest absolute Gasteiger partial charge is 0.276 e. The number of para-hydroxylation sites is 1. The lowest BCUT2D eigenvalue weighted by Gasteiger charge is -2.13. The summed E-state index contributed by atoms with van der Waals surface area (Å²) in [4.78, 5) is 21.4. The number of nitro groups is 1. The molecule has 0 saturated heterocycles. The van der Waals surface area contributed by atoms with Gasteiger partial charge in [-0.1, -0.05) is 12.1 Å². The van der Waals surface area contributed by atoms with Gasteiger partial charge >= 0.3 is 0 Å². The minimum Gasteiger partial charge on any atom is -0.493 e. The standard InChI is InChI=1S/C15H12INO5/c1-21-14-7-10(8-18)6-12(16)15(14)22-9-11-4-2-3-5-13(11)17(19)20/h2-8H,9H2,1H3. The van der Waals surface area contributed by atoms with E-state index in [-0.39, 0.29) is 12.3 Å². The fraction of sp³-hybridized carbons (Fsp3) is 0.133. The maximum atomic E-state index is 11.0. The lowest BCUT2D eigenvalue weighted by molar-refractivity contribution is -0.385. The third kappa shape index (κ3) is 3.53. The van der Waals surface area contributed by atoms with E-state index in [0.29, 0.717) is 26.2 Å². The quantitative estimate of drug-likeness (QED) is 0.313. The minimum atomic E-state index is -0.448. The van der Waals surface area contributed by atoms with Crippen LogP contribution in [0.3, 0.4) is 0 Å². The Morgan fingerprint density at radius 3 is 2.68 bits per heavy atom. The molecule has 0 radical (unpaired) electrons. The van der Waals surface area contributed by atoms with Crippen molar-refractivity contribution in [1.29, 1.82) is 0 Å². The zero-order valence-corrected chi connectivity index (χ0v) is 13.8. The fourth-order valence-corrected chi connectivity index (χ4v) is 2.69. The van der Waals surface area contributed by atoms with Gasteiger partial charge in [0.15, 0.2) is 11.5 Å². The Labute approximate surface area is 140 Å². The highest BCUT2D eigenvalue weighted by Gasteiger charge is 2.16. The number of carbonyl (C=O) groups excluding carboxylic acids is 1. The third-order valence-corrected chi connectivity index (χ3v) is 3.75. The number of benzene rings is 2. The molecule has 7 heteroatoms. The number of carbonyl (C=O) groups is 1. The number of aldehydes is 1. The third-order valence-electron chi connectivity index (χ3n) is 2.95. The van der Waals surface area contributed by atoms with Gasteiger partial charge in [0.05, 0.1) is 21.2 Å². The predicted octanol–water partition coefficient (Wildman–Crippen LogP) is 3.60. The van der Waals surface area contributed by atoms with Crippen molar-refractivity contribution in [3.63, 3.8) is 0 Å². The molecule has 0 bridgehead atoms. The van der Waals surface area contributed by atoms with Crippen LogP contribution in [0.25, 0.3) is 0 Å². The van der Waals surface area contributed by atoms with Gasteiger partial charge in [-0.2, -0.15) is 0 Å². The van der Waals surface area contributed by atoms with Gasteiger partial charge < -0.3 is 9.47 Å². The van der Waals surface area contributed by atoms with E-state index in [0.717, 1.165) is 6.29 Å². The van der Waals surface area contributed by atoms with Gasteiger partial charge in [-0.05, 0) is 40.8 Å². The van der Waals surface area contributed by atoms with Crippen molar-refractivity contribution in [1.82, 2.24) is 0 Å². The summed E-state index contributed by atoms with van der Waals surface area (Å²) in [5, 5.41) is 11.0. The number of nitro benzene ring substituents is 1. The van der Waals surface area contributed by atoms with Crippen molar-refractivity contribution in [2.24, 2.45) is 0 Å². The molecule has 0 aliphatic heterocycles. The molecule has 2 aromatic rings. The highest BCUT2D eigenvalue weighted by atomic mass is 127. The number of methoxy groups -OCH3 is 1. The topological polar surface area (TPSA) is 78.7 Å². The van der Waals surface area contributed by atoms with Gasteiger partial charge in [0.25, 0.3) is 5.69 Å². The largest absolute Gasteiger partial charge is 0.493 e. The average molecular weight is 413 g/mol. The van der Waals surface area contributed by atoms with Crippen molar-refractivity contribution in [3.8, 4) is 11.5 Å². The normalized spacial score (nSPS) is 10.1. The highest BCUT2D eigenvalue weighted by molar-refractivity contribution is 14.1. The average Bonchev–Trinajstić information content (AvgIpc) is 2.53. The lowest BCUT2D eigenvalue weighted by Crippen LogP contribution is -2.03. The zero-order valence-electron chi connectivity index (χ0n) is 11.6. The maximum absolute atomic E-state index is 11.0. The number of hydrogen-bond acceptors (Lipinski definition) is 5. The van der Waals surface area contributed by atoms with Crippen LogP contribution in [0, 0.1) is 13.7 Å². The molecule has 22 heavy (non-hydrogen) atoms. The van der Waals surface area contributed by atoms with Crippen LogP contribution in [-0.4, -0.2) is 18.3 Å². The zero-order chi connectivity index (χ0) is 16.1. The van der Waals surface area contributed by atoms with Crippen molar-refractivity contribution in [2.45, 2.75) is 6.61 Å². The molecule has 0 aliphatic carbocycles. The van der Waals surface area contributed by atoms with E-state index in [9.17, 15) is 14.9 Å². The molecule has 2 rings (SSSR count). The first-order valence-electron chi connectivity index (χ1n) is 6.24. The molecule has 0 amide bonds. The summed E-state index contributed by atoms with van der Waals surface area (Å²) >= 11 is 2.03. The second-order valence-electron chi connectivity index (χ2n) is 4.33. The van der Waals surface area contributed by atoms with Crippen LogP contribution in [0.4, 0.5) is 5.69 Å². The summed E-state index contributed by atoms with van der Waals surface area (Å²) < 4.78 is 11.6. The van der Waals surface area contributed by atoms with Gasteiger partial charge in [0.2, 0.25) is 0 Å². The lowest BCUT2D eigenvalue weighted by atomic mass is 10.2. The molecule has 0 atom stereocenters. The predicted molar refractivity (Wildman–Crippen MR) is 88.5 cm³/mol. The van der Waals surface area contributed by atoms with E-state index >= 15 is 0 Å². The van der Waals surface area contributed by atoms with E-state index in [1.807, 2.05) is 22.6 Å². The van der Waals surface area contributed by atoms with Crippen LogP contribution in [-0.2, 0) is 6.61 Å². The Morgan fingerprint density at radius 1 is 1.32 bits per heavy atom. The van der Waals surface area contributed by atoms with Gasteiger partial charge in [-0.15, -0.1) is 0 Å². The molecule has 0 N–H and O–H groups in total. The fourth-order valence-electron chi connectivity index (χ4n) is 1.91. The number of halogens is 1. The number of hydrogen-bond donors (Lipinski definition) is 0. The summed E-state index contributed by atoms with van der Waals surface area (Å²) in [6.07, 6.45) is 0.719. The van der Waals surface area contributed by atoms with Crippen LogP contribution in [0.15, 0.2) is 36.4 Å². The summed E-state index contributed by atoms with van der Waals surface area (Å²) in [5.41, 5.74) is 0.935. The Kier molecular flexibility index (Phi) is 5.31. The molecule has 0 spiro atoms. The first-order chi connectivity index (χ1) is 10.6.